The van der Waals surface area contributed by atoms with Gasteiger partial charge in [-0.1, -0.05) is 31.2 Å². The number of benzene rings is 1. The highest BCUT2D eigenvalue weighted by molar-refractivity contribution is 14.0. The topological polar surface area (TPSA) is 60.4 Å². The lowest BCUT2D eigenvalue weighted by atomic mass is 9.97. The third kappa shape index (κ3) is 7.88. The number of hydrogen-bond acceptors (Lipinski definition) is 5. The van der Waals surface area contributed by atoms with E-state index in [0.717, 1.165) is 64.6 Å². The van der Waals surface area contributed by atoms with Crippen LogP contribution in [0.15, 0.2) is 29.3 Å². The second kappa shape index (κ2) is 14.0. The van der Waals surface area contributed by atoms with Crippen molar-refractivity contribution in [3.8, 4) is 0 Å². The number of piperidine rings is 1. The summed E-state index contributed by atoms with van der Waals surface area (Å²) in [5.41, 5.74) is 2.59. The summed E-state index contributed by atoms with van der Waals surface area (Å²) in [7, 11) is 1.47. The number of nitrogens with one attached hydrogen (secondary N) is 1. The molecule has 0 bridgehead atoms. The lowest BCUT2D eigenvalue weighted by Gasteiger charge is -2.34. The van der Waals surface area contributed by atoms with Crippen LogP contribution in [0.25, 0.3) is 0 Å². The fraction of sp³-hybridized carbons (Fsp3) is 0.667. The SMILES string of the molecule is CCNC(=NCc1ccc(CN2CCN(CC)CC2)cc1)N1CCC(C(=O)OC)CC1.I. The summed E-state index contributed by atoms with van der Waals surface area (Å²) in [6, 6.07) is 8.89. The number of carbonyl (C=O) groups is 1. The lowest BCUT2D eigenvalue weighted by molar-refractivity contribution is -0.146. The van der Waals surface area contributed by atoms with Gasteiger partial charge in [0.2, 0.25) is 0 Å². The molecule has 2 aliphatic heterocycles. The van der Waals surface area contributed by atoms with Crippen LogP contribution in [-0.4, -0.2) is 86.1 Å². The van der Waals surface area contributed by atoms with Gasteiger partial charge in [0.15, 0.2) is 5.96 Å². The van der Waals surface area contributed by atoms with Gasteiger partial charge >= 0.3 is 5.97 Å². The fourth-order valence-corrected chi connectivity index (χ4v) is 4.36. The molecule has 180 valence electrons. The standard InChI is InChI=1S/C24H39N5O2.HI/c1-4-25-24(29-12-10-22(11-13-29)23(30)31-3)26-18-20-6-8-21(9-7-20)19-28-16-14-27(5-2)15-17-28;/h6-9,22H,4-5,10-19H2,1-3H3,(H,25,26);1H. The van der Waals surface area contributed by atoms with E-state index in [1.807, 2.05) is 0 Å². The maximum absolute atomic E-state index is 11.8. The second-order valence-corrected chi connectivity index (χ2v) is 8.48. The number of nitrogens with zero attached hydrogens (tertiary/aromatic N) is 4. The van der Waals surface area contributed by atoms with Crippen molar-refractivity contribution in [3.63, 3.8) is 0 Å². The molecule has 7 nitrogen and oxygen atoms in total. The first-order valence-corrected chi connectivity index (χ1v) is 11.8. The fourth-order valence-electron chi connectivity index (χ4n) is 4.36. The van der Waals surface area contributed by atoms with E-state index in [1.54, 1.807) is 0 Å². The summed E-state index contributed by atoms with van der Waals surface area (Å²) >= 11 is 0. The van der Waals surface area contributed by atoms with E-state index in [1.165, 1.54) is 31.3 Å². The number of likely N-dealkylation sites (N-methyl/N-ethyl adjacent to an activating group) is 1. The Morgan fingerprint density at radius 3 is 2.16 bits per heavy atom. The van der Waals surface area contributed by atoms with E-state index in [9.17, 15) is 4.79 Å². The van der Waals surface area contributed by atoms with Gasteiger partial charge in [-0.3, -0.25) is 9.69 Å². The van der Waals surface area contributed by atoms with Gasteiger partial charge in [-0.25, -0.2) is 4.99 Å². The molecule has 0 spiro atoms. The number of piperazine rings is 1. The molecule has 1 aromatic rings. The van der Waals surface area contributed by atoms with Gasteiger partial charge in [-0.15, -0.1) is 24.0 Å². The Hall–Kier alpha value is -1.39. The number of likely N-dealkylation sites (tertiary alicyclic amines) is 1. The van der Waals surface area contributed by atoms with Crippen molar-refractivity contribution in [1.29, 1.82) is 0 Å². The second-order valence-electron chi connectivity index (χ2n) is 8.48. The molecule has 0 radical (unpaired) electrons. The zero-order chi connectivity index (χ0) is 22.1. The monoisotopic (exact) mass is 557 g/mol. The van der Waals surface area contributed by atoms with E-state index in [0.29, 0.717) is 6.54 Å². The predicted octanol–water partition coefficient (Wildman–Crippen LogP) is 2.79. The minimum atomic E-state index is -0.0890. The highest BCUT2D eigenvalue weighted by Gasteiger charge is 2.27. The molecule has 2 aliphatic rings. The third-order valence-corrected chi connectivity index (χ3v) is 6.42. The quantitative estimate of drug-likeness (QED) is 0.241. The molecule has 2 fully saturated rings. The Labute approximate surface area is 210 Å². The van der Waals surface area contributed by atoms with Gasteiger partial charge in [-0.2, -0.15) is 0 Å². The van der Waals surface area contributed by atoms with Gasteiger partial charge in [0.25, 0.3) is 0 Å². The molecule has 0 amide bonds. The van der Waals surface area contributed by atoms with E-state index < -0.39 is 0 Å². The van der Waals surface area contributed by atoms with Crippen LogP contribution < -0.4 is 5.32 Å². The Kier molecular flexibility index (Phi) is 11.7. The highest BCUT2D eigenvalue weighted by Crippen LogP contribution is 2.19. The smallest absolute Gasteiger partial charge is 0.308 e. The number of carbonyl (C=O) groups excluding carboxylic acids is 1. The highest BCUT2D eigenvalue weighted by atomic mass is 127. The summed E-state index contributed by atoms with van der Waals surface area (Å²) in [4.78, 5) is 23.9. The average molecular weight is 558 g/mol. The number of hydrogen-bond donors (Lipinski definition) is 1. The molecule has 0 saturated carbocycles. The van der Waals surface area contributed by atoms with Crippen LogP contribution in [0, 0.1) is 5.92 Å². The maximum Gasteiger partial charge on any atom is 0.308 e. The summed E-state index contributed by atoms with van der Waals surface area (Å²) in [5.74, 6) is 0.860. The molecule has 0 unspecified atom stereocenters. The molecule has 0 atom stereocenters. The number of rotatable bonds is 7. The third-order valence-electron chi connectivity index (χ3n) is 6.42. The van der Waals surface area contributed by atoms with Crippen molar-refractivity contribution in [2.45, 2.75) is 39.8 Å². The molecule has 1 aromatic carbocycles. The minimum absolute atomic E-state index is 0. The molecule has 3 rings (SSSR count). The first-order valence-electron chi connectivity index (χ1n) is 11.8. The van der Waals surface area contributed by atoms with Crippen molar-refractivity contribution in [2.75, 3.05) is 59.5 Å². The molecular weight excluding hydrogens is 517 g/mol. The summed E-state index contributed by atoms with van der Waals surface area (Å²) in [6.45, 7) is 14.3. The number of methoxy groups -OCH3 is 1. The summed E-state index contributed by atoms with van der Waals surface area (Å²) < 4.78 is 4.90. The minimum Gasteiger partial charge on any atom is -0.469 e. The van der Waals surface area contributed by atoms with E-state index in [-0.39, 0.29) is 35.9 Å². The van der Waals surface area contributed by atoms with Crippen LogP contribution >= 0.6 is 24.0 Å². The molecular formula is C24H40IN5O2. The van der Waals surface area contributed by atoms with Crippen molar-refractivity contribution in [2.24, 2.45) is 10.9 Å². The number of aliphatic imine (C=N–C) groups is 1. The van der Waals surface area contributed by atoms with Crippen molar-refractivity contribution in [3.05, 3.63) is 35.4 Å². The summed E-state index contributed by atoms with van der Waals surface area (Å²) in [5, 5.41) is 3.40. The molecule has 0 aromatic heterocycles. The van der Waals surface area contributed by atoms with Gasteiger partial charge in [0.05, 0.1) is 19.6 Å². The van der Waals surface area contributed by atoms with Crippen molar-refractivity contribution in [1.82, 2.24) is 20.0 Å². The van der Waals surface area contributed by atoms with Crippen molar-refractivity contribution < 1.29 is 9.53 Å². The Balaban J connectivity index is 0.00000363. The first kappa shape index (κ1) is 26.9. The maximum atomic E-state index is 11.8. The van der Waals surface area contributed by atoms with Crippen molar-refractivity contribution >= 4 is 35.9 Å². The van der Waals surface area contributed by atoms with Crippen LogP contribution in [0.5, 0.6) is 0 Å². The van der Waals surface area contributed by atoms with Crippen LogP contribution in [-0.2, 0) is 22.6 Å². The average Bonchev–Trinajstić information content (AvgIpc) is 2.83. The Morgan fingerprint density at radius 1 is 1.00 bits per heavy atom. The number of ether oxygens (including phenoxy) is 1. The number of esters is 1. The summed E-state index contributed by atoms with van der Waals surface area (Å²) in [6.07, 6.45) is 1.64. The molecule has 2 heterocycles. The van der Waals surface area contributed by atoms with Gasteiger partial charge in [0, 0.05) is 52.4 Å². The van der Waals surface area contributed by atoms with Gasteiger partial charge < -0.3 is 19.9 Å². The largest absolute Gasteiger partial charge is 0.469 e. The van der Waals surface area contributed by atoms with E-state index in [2.05, 4.69) is 58.1 Å². The van der Waals surface area contributed by atoms with Crippen LogP contribution in [0.1, 0.15) is 37.8 Å². The normalized spacial score (nSPS) is 18.8. The first-order chi connectivity index (χ1) is 15.1. The molecule has 32 heavy (non-hydrogen) atoms. The molecule has 1 N–H and O–H groups in total. The number of guanidine groups is 1. The zero-order valence-corrected chi connectivity index (χ0v) is 22.2. The van der Waals surface area contributed by atoms with E-state index >= 15 is 0 Å². The molecule has 0 aliphatic carbocycles. The predicted molar refractivity (Wildman–Crippen MR) is 140 cm³/mol. The molecule has 8 heteroatoms. The van der Waals surface area contributed by atoms with Crippen LogP contribution in [0.4, 0.5) is 0 Å². The van der Waals surface area contributed by atoms with Crippen LogP contribution in [0.2, 0.25) is 0 Å². The molecule has 2 saturated heterocycles. The van der Waals surface area contributed by atoms with E-state index in [4.69, 9.17) is 9.73 Å². The van der Waals surface area contributed by atoms with Gasteiger partial charge in [0.1, 0.15) is 0 Å². The Bertz CT molecular complexity index is 712. The lowest BCUT2D eigenvalue weighted by Crippen LogP contribution is -2.46. The zero-order valence-electron chi connectivity index (χ0n) is 19.9. The van der Waals surface area contributed by atoms with Crippen LogP contribution in [0.3, 0.4) is 0 Å². The van der Waals surface area contributed by atoms with Gasteiger partial charge in [-0.05, 0) is 37.4 Å². The Morgan fingerprint density at radius 2 is 1.59 bits per heavy atom. The number of halogens is 1.